The first kappa shape index (κ1) is 13.9. The summed E-state index contributed by atoms with van der Waals surface area (Å²) in [5.41, 5.74) is 1.64. The molecule has 0 aromatic heterocycles. The van der Waals surface area contributed by atoms with Gasteiger partial charge in [-0.3, -0.25) is 4.79 Å². The predicted molar refractivity (Wildman–Crippen MR) is 77.8 cm³/mol. The van der Waals surface area contributed by atoms with Crippen LogP contribution >= 0.6 is 15.9 Å². The van der Waals surface area contributed by atoms with Crippen molar-refractivity contribution in [3.63, 3.8) is 0 Å². The number of Topliss-reactive ketones (excluding diaryl/α,β-unsaturated/α-hetero) is 1. The van der Waals surface area contributed by atoms with Gasteiger partial charge >= 0.3 is 0 Å². The van der Waals surface area contributed by atoms with Gasteiger partial charge < -0.3 is 0 Å². The molecule has 0 unspecified atom stereocenters. The van der Waals surface area contributed by atoms with Gasteiger partial charge in [-0.2, -0.15) is 0 Å². The van der Waals surface area contributed by atoms with Crippen LogP contribution in [0.5, 0.6) is 0 Å². The molecule has 98 valence electrons. The Morgan fingerprint density at radius 2 is 1.84 bits per heavy atom. The summed E-state index contributed by atoms with van der Waals surface area (Å²) in [7, 11) is 0. The molecule has 0 N–H and O–H groups in total. The van der Waals surface area contributed by atoms with E-state index in [1.165, 1.54) is 17.7 Å². The highest BCUT2D eigenvalue weighted by molar-refractivity contribution is 9.10. The molecule has 19 heavy (non-hydrogen) atoms. The van der Waals surface area contributed by atoms with Gasteiger partial charge in [0.05, 0.1) is 0 Å². The fourth-order valence-electron chi connectivity index (χ4n) is 1.94. The molecule has 0 bridgehead atoms. The first-order valence-electron chi connectivity index (χ1n) is 6.19. The van der Waals surface area contributed by atoms with Gasteiger partial charge in [0.15, 0.2) is 5.78 Å². The first-order chi connectivity index (χ1) is 9.16. The van der Waals surface area contributed by atoms with Gasteiger partial charge in [-0.05, 0) is 36.6 Å². The summed E-state index contributed by atoms with van der Waals surface area (Å²) >= 11 is 3.28. The molecule has 0 amide bonds. The Morgan fingerprint density at radius 1 is 1.11 bits per heavy atom. The lowest BCUT2D eigenvalue weighted by Gasteiger charge is -2.04. The number of carbonyl (C=O) groups excluding carboxylic acids is 1. The zero-order valence-electron chi connectivity index (χ0n) is 10.4. The molecule has 2 aromatic rings. The number of ketones is 1. The van der Waals surface area contributed by atoms with Crippen molar-refractivity contribution in [1.29, 1.82) is 0 Å². The molecule has 0 saturated heterocycles. The fourth-order valence-corrected chi connectivity index (χ4v) is 2.41. The van der Waals surface area contributed by atoms with Crippen LogP contribution in [0, 0.1) is 5.82 Å². The van der Waals surface area contributed by atoms with Crippen molar-refractivity contribution in [2.45, 2.75) is 19.3 Å². The molecule has 3 heteroatoms. The van der Waals surface area contributed by atoms with Crippen molar-refractivity contribution in [3.05, 3.63) is 69.9 Å². The molecule has 0 aliphatic rings. The lowest BCUT2D eigenvalue weighted by Crippen LogP contribution is -2.02. The van der Waals surface area contributed by atoms with E-state index in [0.29, 0.717) is 16.5 Å². The lowest BCUT2D eigenvalue weighted by molar-refractivity contribution is 0.0979. The van der Waals surface area contributed by atoms with Gasteiger partial charge in [-0.15, -0.1) is 0 Å². The molecule has 0 spiro atoms. The van der Waals surface area contributed by atoms with Gasteiger partial charge in [0.1, 0.15) is 5.82 Å². The van der Waals surface area contributed by atoms with Gasteiger partial charge in [-0.25, -0.2) is 4.39 Å². The average molecular weight is 321 g/mol. The lowest BCUT2D eigenvalue weighted by atomic mass is 10.0. The van der Waals surface area contributed by atoms with E-state index in [1.54, 1.807) is 6.07 Å². The largest absolute Gasteiger partial charge is 0.294 e. The van der Waals surface area contributed by atoms with Crippen LogP contribution in [0.2, 0.25) is 0 Å². The Morgan fingerprint density at radius 3 is 2.58 bits per heavy atom. The Hall–Kier alpha value is -1.48. The van der Waals surface area contributed by atoms with Crippen LogP contribution in [0.3, 0.4) is 0 Å². The summed E-state index contributed by atoms with van der Waals surface area (Å²) in [5, 5.41) is 0. The van der Waals surface area contributed by atoms with Crippen LogP contribution in [0.1, 0.15) is 28.8 Å². The van der Waals surface area contributed by atoms with Crippen LogP contribution in [0.4, 0.5) is 4.39 Å². The average Bonchev–Trinajstić information content (AvgIpc) is 2.42. The smallest absolute Gasteiger partial charge is 0.164 e. The quantitative estimate of drug-likeness (QED) is 0.723. The minimum Gasteiger partial charge on any atom is -0.294 e. The molecule has 0 atom stereocenters. The van der Waals surface area contributed by atoms with Gasteiger partial charge in [0.2, 0.25) is 0 Å². The molecule has 1 nitrogen and oxygen atoms in total. The molecule has 0 heterocycles. The van der Waals surface area contributed by atoms with E-state index >= 15 is 0 Å². The van der Waals surface area contributed by atoms with Crippen LogP contribution in [-0.4, -0.2) is 5.78 Å². The van der Waals surface area contributed by atoms with E-state index in [4.69, 9.17) is 0 Å². The van der Waals surface area contributed by atoms with Crippen molar-refractivity contribution in [2.75, 3.05) is 0 Å². The van der Waals surface area contributed by atoms with Crippen molar-refractivity contribution in [1.82, 2.24) is 0 Å². The topological polar surface area (TPSA) is 17.1 Å². The second kappa shape index (κ2) is 6.62. The van der Waals surface area contributed by atoms with E-state index in [9.17, 15) is 9.18 Å². The molecule has 0 aliphatic carbocycles. The fraction of sp³-hybridized carbons (Fsp3) is 0.188. The number of benzene rings is 2. The van der Waals surface area contributed by atoms with E-state index < -0.39 is 0 Å². The maximum Gasteiger partial charge on any atom is 0.164 e. The Bertz CT molecular complexity index is 566. The normalized spacial score (nSPS) is 10.4. The monoisotopic (exact) mass is 320 g/mol. The third-order valence-electron chi connectivity index (χ3n) is 2.94. The molecule has 2 aromatic carbocycles. The summed E-state index contributed by atoms with van der Waals surface area (Å²) < 4.78 is 13.8. The van der Waals surface area contributed by atoms with Gasteiger partial charge in [0, 0.05) is 16.5 Å². The zero-order chi connectivity index (χ0) is 13.7. The Kier molecular flexibility index (Phi) is 4.86. The third-order valence-corrected chi connectivity index (χ3v) is 3.63. The number of hydrogen-bond acceptors (Lipinski definition) is 1. The minimum atomic E-state index is -0.380. The van der Waals surface area contributed by atoms with Crippen molar-refractivity contribution in [3.8, 4) is 0 Å². The maximum absolute atomic E-state index is 13.1. The van der Waals surface area contributed by atoms with E-state index in [0.717, 1.165) is 12.8 Å². The molecule has 2 rings (SSSR count). The molecule has 0 saturated carbocycles. The summed E-state index contributed by atoms with van der Waals surface area (Å²) in [6, 6.07) is 14.2. The van der Waals surface area contributed by atoms with Gasteiger partial charge in [0.25, 0.3) is 0 Å². The highest BCUT2D eigenvalue weighted by atomic mass is 79.9. The first-order valence-corrected chi connectivity index (χ1v) is 6.98. The SMILES string of the molecule is O=C(CCCc1ccccc1)c1cc(F)ccc1Br. The van der Waals surface area contributed by atoms with Gasteiger partial charge in [-0.1, -0.05) is 46.3 Å². The maximum atomic E-state index is 13.1. The minimum absolute atomic E-state index is 0.0256. The Balaban J connectivity index is 1.93. The number of halogens is 2. The third kappa shape index (κ3) is 4.00. The van der Waals surface area contributed by atoms with Crippen LogP contribution < -0.4 is 0 Å². The zero-order valence-corrected chi connectivity index (χ0v) is 12.0. The number of hydrogen-bond donors (Lipinski definition) is 0. The van der Waals surface area contributed by atoms with Crippen molar-refractivity contribution in [2.24, 2.45) is 0 Å². The second-order valence-corrected chi connectivity index (χ2v) is 5.24. The molecule has 0 aliphatic heterocycles. The highest BCUT2D eigenvalue weighted by Crippen LogP contribution is 2.20. The standard InChI is InChI=1S/C16H14BrFO/c17-15-10-9-13(18)11-14(15)16(19)8-4-7-12-5-2-1-3-6-12/h1-3,5-6,9-11H,4,7-8H2. The second-order valence-electron chi connectivity index (χ2n) is 4.39. The van der Waals surface area contributed by atoms with Crippen molar-refractivity contribution >= 4 is 21.7 Å². The predicted octanol–water partition coefficient (Wildman–Crippen LogP) is 4.79. The molecule has 0 fully saturated rings. The number of rotatable bonds is 5. The molecule has 0 radical (unpaired) electrons. The van der Waals surface area contributed by atoms with E-state index in [-0.39, 0.29) is 11.6 Å². The number of aryl methyl sites for hydroxylation is 1. The highest BCUT2D eigenvalue weighted by Gasteiger charge is 2.10. The van der Waals surface area contributed by atoms with Crippen LogP contribution in [0.25, 0.3) is 0 Å². The summed E-state index contributed by atoms with van der Waals surface area (Å²) in [6.45, 7) is 0. The summed E-state index contributed by atoms with van der Waals surface area (Å²) in [4.78, 5) is 12.0. The molecular weight excluding hydrogens is 307 g/mol. The number of carbonyl (C=O) groups is 1. The van der Waals surface area contributed by atoms with Crippen molar-refractivity contribution < 1.29 is 9.18 Å². The van der Waals surface area contributed by atoms with E-state index in [1.807, 2.05) is 30.3 Å². The molecular formula is C16H14BrFO. The van der Waals surface area contributed by atoms with E-state index in [2.05, 4.69) is 15.9 Å². The summed E-state index contributed by atoms with van der Waals surface area (Å²) in [6.07, 6.45) is 2.06. The van der Waals surface area contributed by atoms with Crippen LogP contribution in [-0.2, 0) is 6.42 Å². The van der Waals surface area contributed by atoms with Crippen LogP contribution in [0.15, 0.2) is 53.0 Å². The summed E-state index contributed by atoms with van der Waals surface area (Å²) in [5.74, 6) is -0.406. The Labute approximate surface area is 120 Å².